The summed E-state index contributed by atoms with van der Waals surface area (Å²) in [7, 11) is 0. The molecule has 4 N–H and O–H groups in total. The van der Waals surface area contributed by atoms with Gasteiger partial charge in [-0.25, -0.2) is 8.78 Å². The number of hydrogen-bond acceptors (Lipinski definition) is 4. The Morgan fingerprint density at radius 2 is 2.00 bits per heavy atom. The van der Waals surface area contributed by atoms with E-state index in [9.17, 15) is 13.6 Å². The number of carbonyl (C=O) groups is 1. The van der Waals surface area contributed by atoms with Gasteiger partial charge in [0.15, 0.2) is 0 Å². The van der Waals surface area contributed by atoms with Crippen molar-refractivity contribution in [1.82, 2.24) is 5.32 Å². The first-order chi connectivity index (χ1) is 8.43. The molecule has 0 radical (unpaired) electrons. The van der Waals surface area contributed by atoms with E-state index in [1.807, 2.05) is 0 Å². The van der Waals surface area contributed by atoms with Crippen LogP contribution in [0.3, 0.4) is 0 Å². The van der Waals surface area contributed by atoms with Crippen LogP contribution in [0.15, 0.2) is 29.2 Å². The van der Waals surface area contributed by atoms with Gasteiger partial charge in [0.05, 0.1) is 18.8 Å². The summed E-state index contributed by atoms with van der Waals surface area (Å²) in [6.07, 6.45) is 0. The Balaban J connectivity index is 2.31. The van der Waals surface area contributed by atoms with E-state index in [1.54, 1.807) is 12.1 Å². The Bertz CT molecular complexity index is 399. The zero-order valence-corrected chi connectivity index (χ0v) is 10.3. The number of thioether (sulfide) groups is 1. The van der Waals surface area contributed by atoms with E-state index in [2.05, 4.69) is 5.32 Å². The number of phenols is 1. The van der Waals surface area contributed by atoms with Gasteiger partial charge >= 0.3 is 0 Å². The van der Waals surface area contributed by atoms with Crippen molar-refractivity contribution in [3.8, 4) is 5.75 Å². The van der Waals surface area contributed by atoms with Crippen LogP contribution in [0.5, 0.6) is 5.75 Å². The molecule has 0 saturated carbocycles. The van der Waals surface area contributed by atoms with E-state index in [1.165, 1.54) is 23.9 Å². The zero-order valence-electron chi connectivity index (χ0n) is 9.53. The maximum atomic E-state index is 12.7. The molecule has 0 aliphatic carbocycles. The summed E-state index contributed by atoms with van der Waals surface area (Å²) < 4.78 is 25.5. The summed E-state index contributed by atoms with van der Waals surface area (Å²) in [5.41, 5.74) is 4.84. The van der Waals surface area contributed by atoms with Crippen LogP contribution in [0.1, 0.15) is 0 Å². The average molecular weight is 276 g/mol. The third-order valence-electron chi connectivity index (χ3n) is 2.05. The van der Waals surface area contributed by atoms with Gasteiger partial charge < -0.3 is 16.2 Å². The molecule has 18 heavy (non-hydrogen) atoms. The Labute approximate surface area is 108 Å². The quantitative estimate of drug-likeness (QED) is 0.682. The lowest BCUT2D eigenvalue weighted by atomic mass is 10.3. The van der Waals surface area contributed by atoms with Crippen LogP contribution >= 0.6 is 11.8 Å². The molecule has 7 heteroatoms. The number of hydrogen-bond donors (Lipinski definition) is 3. The van der Waals surface area contributed by atoms with Gasteiger partial charge in [0.1, 0.15) is 5.75 Å². The van der Waals surface area contributed by atoms with Gasteiger partial charge in [-0.1, -0.05) is 0 Å². The van der Waals surface area contributed by atoms with E-state index in [0.717, 1.165) is 4.90 Å². The van der Waals surface area contributed by atoms with Crippen molar-refractivity contribution in [2.45, 2.75) is 10.8 Å². The van der Waals surface area contributed by atoms with Gasteiger partial charge in [-0.2, -0.15) is 0 Å². The fourth-order valence-corrected chi connectivity index (χ4v) is 1.77. The number of aromatic hydroxyl groups is 1. The van der Waals surface area contributed by atoms with Crippen molar-refractivity contribution in [2.75, 3.05) is 18.8 Å². The summed E-state index contributed by atoms with van der Waals surface area (Å²) in [4.78, 5) is 12.1. The number of benzene rings is 1. The number of nitrogens with two attached hydrogens (primary N) is 1. The van der Waals surface area contributed by atoms with Crippen LogP contribution in [-0.2, 0) is 4.79 Å². The van der Waals surface area contributed by atoms with Crippen LogP contribution in [0.2, 0.25) is 0 Å². The highest BCUT2D eigenvalue weighted by Crippen LogP contribution is 2.20. The molecule has 1 aromatic carbocycles. The molecule has 0 spiro atoms. The number of rotatable bonds is 6. The second-order valence-electron chi connectivity index (χ2n) is 3.62. The van der Waals surface area contributed by atoms with Crippen molar-refractivity contribution < 1.29 is 18.7 Å². The average Bonchev–Trinajstić information content (AvgIpc) is 2.36. The first-order valence-corrected chi connectivity index (χ1v) is 6.18. The van der Waals surface area contributed by atoms with Crippen molar-refractivity contribution in [3.63, 3.8) is 0 Å². The van der Waals surface area contributed by atoms with Gasteiger partial charge in [-0.05, 0) is 24.3 Å². The summed E-state index contributed by atoms with van der Waals surface area (Å²) >= 11 is 1.20. The van der Waals surface area contributed by atoms with E-state index in [0.29, 0.717) is 0 Å². The zero-order chi connectivity index (χ0) is 13.6. The van der Waals surface area contributed by atoms with Gasteiger partial charge in [0.25, 0.3) is 5.92 Å². The van der Waals surface area contributed by atoms with Crippen LogP contribution in [0.4, 0.5) is 8.78 Å². The van der Waals surface area contributed by atoms with Crippen molar-refractivity contribution >= 4 is 17.7 Å². The van der Waals surface area contributed by atoms with Crippen LogP contribution in [0.25, 0.3) is 0 Å². The molecule has 0 aliphatic rings. The number of halogens is 2. The van der Waals surface area contributed by atoms with Crippen molar-refractivity contribution in [2.24, 2.45) is 5.73 Å². The predicted molar refractivity (Wildman–Crippen MR) is 65.8 cm³/mol. The summed E-state index contributed by atoms with van der Waals surface area (Å²) in [6.45, 7) is -1.54. The third kappa shape index (κ3) is 5.33. The van der Waals surface area contributed by atoms with E-state index < -0.39 is 24.9 Å². The molecule has 0 saturated heterocycles. The molecule has 0 atom stereocenters. The highest BCUT2D eigenvalue weighted by Gasteiger charge is 2.26. The lowest BCUT2D eigenvalue weighted by Gasteiger charge is -2.14. The molecule has 0 heterocycles. The minimum Gasteiger partial charge on any atom is -0.508 e. The van der Waals surface area contributed by atoms with Crippen molar-refractivity contribution in [1.29, 1.82) is 0 Å². The summed E-state index contributed by atoms with van der Waals surface area (Å²) in [6, 6.07) is 6.26. The van der Waals surface area contributed by atoms with Crippen molar-refractivity contribution in [3.05, 3.63) is 24.3 Å². The second kappa shape index (κ2) is 6.55. The van der Waals surface area contributed by atoms with Gasteiger partial charge in [-0.3, -0.25) is 4.79 Å². The van der Waals surface area contributed by atoms with E-state index in [4.69, 9.17) is 10.8 Å². The molecule has 0 aliphatic heterocycles. The fraction of sp³-hybridized carbons (Fsp3) is 0.364. The van der Waals surface area contributed by atoms with Gasteiger partial charge in [-0.15, -0.1) is 11.8 Å². The Morgan fingerprint density at radius 3 is 2.56 bits per heavy atom. The monoisotopic (exact) mass is 276 g/mol. The van der Waals surface area contributed by atoms with E-state index in [-0.39, 0.29) is 11.5 Å². The largest absolute Gasteiger partial charge is 0.508 e. The van der Waals surface area contributed by atoms with Crippen LogP contribution in [-0.4, -0.2) is 35.8 Å². The molecule has 100 valence electrons. The first-order valence-electron chi connectivity index (χ1n) is 5.19. The van der Waals surface area contributed by atoms with Crippen LogP contribution < -0.4 is 11.1 Å². The van der Waals surface area contributed by atoms with Crippen LogP contribution in [0, 0.1) is 0 Å². The van der Waals surface area contributed by atoms with Gasteiger partial charge in [0, 0.05) is 4.90 Å². The Kier molecular flexibility index (Phi) is 5.36. The molecule has 4 nitrogen and oxygen atoms in total. The topological polar surface area (TPSA) is 75.3 Å². The Hall–Kier alpha value is -1.34. The number of carbonyl (C=O) groups excluding carboxylic acids is 1. The summed E-state index contributed by atoms with van der Waals surface area (Å²) in [5.74, 6) is -3.39. The molecular weight excluding hydrogens is 262 g/mol. The molecule has 0 fully saturated rings. The lowest BCUT2D eigenvalue weighted by molar-refractivity contribution is -0.120. The number of alkyl halides is 2. The lowest BCUT2D eigenvalue weighted by Crippen LogP contribution is -2.42. The molecule has 1 aromatic rings. The normalized spacial score (nSPS) is 11.3. The maximum Gasteiger partial charge on any atom is 0.277 e. The molecule has 0 unspecified atom stereocenters. The molecule has 1 rings (SSSR count). The molecule has 0 bridgehead atoms. The number of nitrogens with one attached hydrogen (secondary N) is 1. The smallest absolute Gasteiger partial charge is 0.277 e. The number of phenolic OH excluding ortho intramolecular Hbond substituents is 1. The molecule has 0 aromatic heterocycles. The van der Waals surface area contributed by atoms with Gasteiger partial charge in [0.2, 0.25) is 5.91 Å². The SMILES string of the molecule is NCC(F)(F)CNC(=O)CSc1ccc(O)cc1. The highest BCUT2D eigenvalue weighted by atomic mass is 32.2. The minimum absolute atomic E-state index is 0.0332. The van der Waals surface area contributed by atoms with E-state index >= 15 is 0 Å². The molecular formula is C11H14F2N2O2S. The molecule has 1 amide bonds. The second-order valence-corrected chi connectivity index (χ2v) is 4.67. The highest BCUT2D eigenvalue weighted by molar-refractivity contribution is 8.00. The predicted octanol–water partition coefficient (Wildman–Crippen LogP) is 1.19. The Morgan fingerprint density at radius 1 is 1.39 bits per heavy atom. The third-order valence-corrected chi connectivity index (χ3v) is 3.06. The fourth-order valence-electron chi connectivity index (χ4n) is 1.04. The number of amides is 1. The standard InChI is InChI=1S/C11H14F2N2O2S/c12-11(13,6-14)7-15-10(17)5-18-9-3-1-8(16)2-4-9/h1-4,16H,5-7,14H2,(H,15,17). The first kappa shape index (κ1) is 14.7. The maximum absolute atomic E-state index is 12.7. The summed E-state index contributed by atoms with van der Waals surface area (Å²) in [5, 5.41) is 11.2. The minimum atomic E-state index is -3.07.